The highest BCUT2D eigenvalue weighted by molar-refractivity contribution is 5.87. The van der Waals surface area contributed by atoms with Crippen LogP contribution in [0.25, 0.3) is 0 Å². The van der Waals surface area contributed by atoms with Crippen LogP contribution < -0.4 is 0 Å². The average molecular weight is 567 g/mol. The Kier molecular flexibility index (Phi) is 27.9. The Morgan fingerprint density at radius 3 is 1.27 bits per heavy atom. The summed E-state index contributed by atoms with van der Waals surface area (Å²) in [6, 6.07) is 0. The van der Waals surface area contributed by atoms with Gasteiger partial charge in [0.1, 0.15) is 12.7 Å². The van der Waals surface area contributed by atoms with Gasteiger partial charge < -0.3 is 19.3 Å². The van der Waals surface area contributed by atoms with E-state index in [1.54, 1.807) is 13.8 Å². The summed E-state index contributed by atoms with van der Waals surface area (Å²) in [5, 5.41) is 7.89. The molecule has 0 bridgehead atoms. The van der Waals surface area contributed by atoms with Gasteiger partial charge in [0.05, 0.1) is 13.2 Å². The Bertz CT molecular complexity index is 710. The molecule has 40 heavy (non-hydrogen) atoms. The molecular weight excluding hydrogens is 508 g/mol. The van der Waals surface area contributed by atoms with E-state index in [2.05, 4.69) is 26.7 Å². The van der Waals surface area contributed by atoms with Gasteiger partial charge in [0, 0.05) is 16.7 Å². The molecule has 1 aliphatic rings. The Hall–Kier alpha value is -2.41. The number of hydrogen-bond acceptors (Lipinski definition) is 6. The van der Waals surface area contributed by atoms with Gasteiger partial charge in [-0.3, -0.25) is 0 Å². The summed E-state index contributed by atoms with van der Waals surface area (Å²) in [7, 11) is 0. The molecule has 0 radical (unpaired) electrons. The number of unbranched alkanes of at least 4 members (excludes halogenated alkanes) is 15. The van der Waals surface area contributed by atoms with Gasteiger partial charge in [0.15, 0.2) is 0 Å². The molecule has 0 aromatic rings. The number of ether oxygens (including phenoxy) is 3. The maximum absolute atomic E-state index is 11.2. The first-order valence-electron chi connectivity index (χ1n) is 15.2. The number of hydrogen-bond donors (Lipinski definition) is 1. The Balaban J connectivity index is 0. The fourth-order valence-electron chi connectivity index (χ4n) is 3.39. The van der Waals surface area contributed by atoms with Crippen molar-refractivity contribution in [2.24, 2.45) is 0 Å². The molecule has 7 nitrogen and oxygen atoms in total. The predicted octanol–water partition coefficient (Wildman–Crippen LogP) is 8.52. The minimum atomic E-state index is -0.935. The van der Waals surface area contributed by atoms with E-state index in [0.29, 0.717) is 31.0 Å². The van der Waals surface area contributed by atoms with E-state index in [4.69, 9.17) is 19.3 Å². The van der Waals surface area contributed by atoms with Crippen molar-refractivity contribution in [3.63, 3.8) is 0 Å². The van der Waals surface area contributed by atoms with Gasteiger partial charge in [-0.05, 0) is 27.2 Å². The van der Waals surface area contributed by atoms with Crippen molar-refractivity contribution >= 4 is 17.9 Å². The zero-order chi connectivity index (χ0) is 30.6. The van der Waals surface area contributed by atoms with Gasteiger partial charge in [-0.25, -0.2) is 14.4 Å². The van der Waals surface area contributed by atoms with Crippen molar-refractivity contribution in [3.05, 3.63) is 36.5 Å². The van der Waals surface area contributed by atoms with Crippen molar-refractivity contribution in [1.82, 2.24) is 0 Å². The molecule has 1 atom stereocenters. The molecule has 1 fully saturated rings. The van der Waals surface area contributed by atoms with E-state index in [9.17, 15) is 14.4 Å². The van der Waals surface area contributed by atoms with Crippen LogP contribution in [0.4, 0.5) is 0 Å². The molecule has 1 unspecified atom stereocenters. The van der Waals surface area contributed by atoms with Crippen molar-refractivity contribution in [3.8, 4) is 0 Å². The summed E-state index contributed by atoms with van der Waals surface area (Å²) in [6.45, 7) is 18.8. The van der Waals surface area contributed by atoms with Crippen molar-refractivity contribution in [2.45, 2.75) is 137 Å². The first kappa shape index (κ1) is 39.7. The van der Waals surface area contributed by atoms with E-state index in [0.717, 1.165) is 6.42 Å². The average Bonchev–Trinajstić information content (AvgIpc) is 3.74. The van der Waals surface area contributed by atoms with Crippen LogP contribution in [0.3, 0.4) is 0 Å². The van der Waals surface area contributed by atoms with Crippen LogP contribution in [0.5, 0.6) is 0 Å². The number of epoxide rings is 1. The smallest absolute Gasteiger partial charge is 0.333 e. The van der Waals surface area contributed by atoms with E-state index >= 15 is 0 Å². The lowest BCUT2D eigenvalue weighted by atomic mass is 10.0. The minimum Gasteiger partial charge on any atom is -0.478 e. The monoisotopic (exact) mass is 566 g/mol. The molecule has 1 saturated heterocycles. The molecule has 7 heteroatoms. The van der Waals surface area contributed by atoms with Gasteiger partial charge in [-0.1, -0.05) is 123 Å². The van der Waals surface area contributed by atoms with Gasteiger partial charge in [-0.2, -0.15) is 0 Å². The number of aliphatic carboxylic acids is 1. The third-order valence-corrected chi connectivity index (χ3v) is 6.10. The summed E-state index contributed by atoms with van der Waals surface area (Å²) < 4.78 is 14.7. The fourth-order valence-corrected chi connectivity index (χ4v) is 3.39. The van der Waals surface area contributed by atoms with E-state index in [1.165, 1.54) is 103 Å². The largest absolute Gasteiger partial charge is 0.478 e. The first-order valence-corrected chi connectivity index (χ1v) is 15.2. The van der Waals surface area contributed by atoms with Crippen molar-refractivity contribution in [1.29, 1.82) is 0 Å². The maximum Gasteiger partial charge on any atom is 0.333 e. The van der Waals surface area contributed by atoms with E-state index in [1.807, 2.05) is 0 Å². The van der Waals surface area contributed by atoms with Crippen LogP contribution in [-0.4, -0.2) is 48.9 Å². The number of rotatable bonds is 22. The highest BCUT2D eigenvalue weighted by Gasteiger charge is 2.24. The molecule has 1 N–H and O–H groups in total. The van der Waals surface area contributed by atoms with Crippen LogP contribution in [0.1, 0.15) is 130 Å². The van der Waals surface area contributed by atoms with Crippen LogP contribution in [-0.2, 0) is 28.6 Å². The quantitative estimate of drug-likeness (QED) is 0.0606. The van der Waals surface area contributed by atoms with Crippen LogP contribution in [0.15, 0.2) is 36.5 Å². The van der Waals surface area contributed by atoms with E-state index < -0.39 is 5.97 Å². The summed E-state index contributed by atoms with van der Waals surface area (Å²) in [4.78, 5) is 31.5. The lowest BCUT2D eigenvalue weighted by Gasteiger charge is -2.05. The lowest BCUT2D eigenvalue weighted by Crippen LogP contribution is -2.09. The van der Waals surface area contributed by atoms with Crippen LogP contribution >= 0.6 is 0 Å². The highest BCUT2D eigenvalue weighted by atomic mass is 16.6. The fraction of sp³-hybridized carbons (Fsp3) is 0.727. The normalized spacial score (nSPS) is 13.1. The highest BCUT2D eigenvalue weighted by Crippen LogP contribution is 2.14. The SMILES string of the molecule is C=C(C)C(=O)O.C=C(C)C(=O)OCC1CO1.C=C(C)C(=O)OCCCCCCCCCCCCCCCCCC. The number of carbonyl (C=O) groups is 3. The molecule has 0 saturated carbocycles. The standard InChI is InChI=1S/C22H42O2.C7H10O3.C4H6O2/c1-4-5-6-7-8-9-10-11-12-13-14-15-16-17-18-19-20-24-22(23)21(2)3;1-5(2)7(8)10-4-6-3-9-6;1-3(2)4(5)6/h2,4-20H2,1,3H3;6H,1,3-4H2,2H3;1H2,2H3,(H,5,6). The molecule has 0 amide bonds. The summed E-state index contributed by atoms with van der Waals surface area (Å²) in [5.74, 6) is -1.53. The molecule has 0 aromatic heterocycles. The predicted molar refractivity (Wildman–Crippen MR) is 163 cm³/mol. The molecule has 0 aromatic carbocycles. The molecular formula is C33H58O7. The lowest BCUT2D eigenvalue weighted by molar-refractivity contribution is -0.140. The number of carboxylic acid groups (broad SMARTS) is 1. The second-order valence-electron chi connectivity index (χ2n) is 10.6. The Labute approximate surface area is 244 Å². The van der Waals surface area contributed by atoms with Gasteiger partial charge in [-0.15, -0.1) is 0 Å². The number of carbonyl (C=O) groups excluding carboxylic acids is 2. The zero-order valence-electron chi connectivity index (χ0n) is 26.0. The summed E-state index contributed by atoms with van der Waals surface area (Å²) in [5.41, 5.74) is 1.10. The maximum atomic E-state index is 11.2. The molecule has 1 heterocycles. The second kappa shape index (κ2) is 28.1. The summed E-state index contributed by atoms with van der Waals surface area (Å²) >= 11 is 0. The zero-order valence-corrected chi connectivity index (χ0v) is 26.0. The molecule has 232 valence electrons. The number of carboxylic acids is 1. The third kappa shape index (κ3) is 31.8. The molecule has 1 aliphatic heterocycles. The third-order valence-electron chi connectivity index (χ3n) is 6.10. The molecule has 1 rings (SSSR count). The van der Waals surface area contributed by atoms with Gasteiger partial charge in [0.2, 0.25) is 0 Å². The second-order valence-corrected chi connectivity index (χ2v) is 10.6. The van der Waals surface area contributed by atoms with Crippen molar-refractivity contribution in [2.75, 3.05) is 19.8 Å². The summed E-state index contributed by atoms with van der Waals surface area (Å²) in [6.07, 6.45) is 21.9. The van der Waals surface area contributed by atoms with Gasteiger partial charge in [0.25, 0.3) is 0 Å². The van der Waals surface area contributed by atoms with Crippen LogP contribution in [0.2, 0.25) is 0 Å². The number of esters is 2. The first-order chi connectivity index (χ1) is 19.0. The minimum absolute atomic E-state index is 0.142. The van der Waals surface area contributed by atoms with E-state index in [-0.39, 0.29) is 23.6 Å². The molecule has 0 aliphatic carbocycles. The molecule has 0 spiro atoms. The topological polar surface area (TPSA) is 102 Å². The van der Waals surface area contributed by atoms with Crippen molar-refractivity contribution < 1.29 is 33.7 Å². The Morgan fingerprint density at radius 2 is 0.975 bits per heavy atom. The Morgan fingerprint density at radius 1 is 0.650 bits per heavy atom. The van der Waals surface area contributed by atoms with Crippen LogP contribution in [0, 0.1) is 0 Å². The van der Waals surface area contributed by atoms with Gasteiger partial charge >= 0.3 is 17.9 Å².